The zero-order valence-corrected chi connectivity index (χ0v) is 8.38. The first-order valence-corrected chi connectivity index (χ1v) is 4.97. The molecule has 1 fully saturated rings. The van der Waals surface area contributed by atoms with Gasteiger partial charge in [-0.25, -0.2) is 0 Å². The summed E-state index contributed by atoms with van der Waals surface area (Å²) >= 11 is 6.01. The highest BCUT2D eigenvalue weighted by atomic mass is 35.5. The smallest absolute Gasteiger partial charge is 0.0465 e. The molecule has 0 saturated heterocycles. The summed E-state index contributed by atoms with van der Waals surface area (Å²) in [5, 5.41) is 9.80. The van der Waals surface area contributed by atoms with Crippen LogP contribution in [0.3, 0.4) is 0 Å². The highest BCUT2D eigenvalue weighted by molar-refractivity contribution is 6.31. The van der Waals surface area contributed by atoms with E-state index in [0.717, 1.165) is 11.4 Å². The summed E-state index contributed by atoms with van der Waals surface area (Å²) in [7, 11) is 0. The first kappa shape index (κ1) is 9.04. The molecule has 0 amide bonds. The maximum atomic E-state index is 8.96. The van der Waals surface area contributed by atoms with Crippen LogP contribution in [0, 0.1) is 12.8 Å². The number of aliphatic hydroxyl groups is 1. The summed E-state index contributed by atoms with van der Waals surface area (Å²) < 4.78 is 0. The molecule has 1 N–H and O–H groups in total. The van der Waals surface area contributed by atoms with Gasteiger partial charge in [0.1, 0.15) is 0 Å². The predicted molar refractivity (Wildman–Crippen MR) is 54.1 cm³/mol. The fourth-order valence-corrected chi connectivity index (χ4v) is 2.04. The Kier molecular flexibility index (Phi) is 2.31. The Bertz CT molecular complexity index is 322. The van der Waals surface area contributed by atoms with Gasteiger partial charge in [0.25, 0.3) is 0 Å². The molecule has 2 heteroatoms. The van der Waals surface area contributed by atoms with Crippen LogP contribution in [0.25, 0.3) is 0 Å². The maximum Gasteiger partial charge on any atom is 0.0465 e. The first-order chi connectivity index (χ1) is 6.24. The Balaban J connectivity index is 2.27. The number of benzene rings is 1. The minimum absolute atomic E-state index is 0.302. The molecule has 0 aromatic heterocycles. The van der Waals surface area contributed by atoms with E-state index in [1.54, 1.807) is 0 Å². The third kappa shape index (κ3) is 1.59. The van der Waals surface area contributed by atoms with E-state index in [2.05, 4.69) is 6.07 Å². The fourth-order valence-electron chi connectivity index (χ4n) is 1.86. The van der Waals surface area contributed by atoms with E-state index in [0.29, 0.717) is 18.4 Å². The molecular formula is C11H13ClO. The van der Waals surface area contributed by atoms with Crippen molar-refractivity contribution in [2.45, 2.75) is 19.3 Å². The number of aliphatic hydroxyl groups excluding tert-OH is 1. The highest BCUT2D eigenvalue weighted by Gasteiger charge is 2.38. The van der Waals surface area contributed by atoms with Crippen LogP contribution >= 0.6 is 11.6 Å². The van der Waals surface area contributed by atoms with E-state index in [9.17, 15) is 0 Å². The fraction of sp³-hybridized carbons (Fsp3) is 0.455. The van der Waals surface area contributed by atoms with E-state index >= 15 is 0 Å². The molecular weight excluding hydrogens is 184 g/mol. The molecule has 1 aliphatic rings. The topological polar surface area (TPSA) is 20.2 Å². The second-order valence-electron chi connectivity index (χ2n) is 3.74. The second kappa shape index (κ2) is 3.32. The second-order valence-corrected chi connectivity index (χ2v) is 4.15. The molecule has 1 nitrogen and oxygen atoms in total. The van der Waals surface area contributed by atoms with E-state index in [1.165, 1.54) is 11.1 Å². The Hall–Kier alpha value is -0.530. The average Bonchev–Trinajstić information content (AvgIpc) is 2.89. The third-order valence-electron chi connectivity index (χ3n) is 2.87. The van der Waals surface area contributed by atoms with Crippen LogP contribution in [-0.4, -0.2) is 11.7 Å². The van der Waals surface area contributed by atoms with Crippen molar-refractivity contribution >= 4 is 11.6 Å². The molecule has 1 aromatic carbocycles. The summed E-state index contributed by atoms with van der Waals surface area (Å²) in [5.41, 5.74) is 2.48. The van der Waals surface area contributed by atoms with E-state index < -0.39 is 0 Å². The molecule has 0 spiro atoms. The van der Waals surface area contributed by atoms with Crippen molar-refractivity contribution in [3.8, 4) is 0 Å². The van der Waals surface area contributed by atoms with Crippen LogP contribution in [0.5, 0.6) is 0 Å². The number of hydrogen-bond acceptors (Lipinski definition) is 1. The predicted octanol–water partition coefficient (Wildman–Crippen LogP) is 2.74. The molecule has 0 aliphatic heterocycles. The van der Waals surface area contributed by atoms with Gasteiger partial charge in [-0.15, -0.1) is 0 Å². The van der Waals surface area contributed by atoms with E-state index in [-0.39, 0.29) is 0 Å². The van der Waals surface area contributed by atoms with Gasteiger partial charge in [-0.1, -0.05) is 23.7 Å². The number of hydrogen-bond donors (Lipinski definition) is 1. The van der Waals surface area contributed by atoms with Gasteiger partial charge < -0.3 is 5.11 Å². The Morgan fingerprint density at radius 3 is 2.92 bits per heavy atom. The molecule has 0 radical (unpaired) electrons. The monoisotopic (exact) mass is 196 g/mol. The summed E-state index contributed by atoms with van der Waals surface area (Å²) in [4.78, 5) is 0. The van der Waals surface area contributed by atoms with Gasteiger partial charge in [0.15, 0.2) is 0 Å². The molecule has 1 aromatic rings. The van der Waals surface area contributed by atoms with E-state index in [1.807, 2.05) is 19.1 Å². The standard InChI is InChI=1S/C11H13ClO/c1-7-9(3-2-4-11(7)12)10-5-8(10)6-13/h2-4,8,10,13H,5-6H2,1H3. The van der Waals surface area contributed by atoms with Crippen molar-refractivity contribution in [1.82, 2.24) is 0 Å². The van der Waals surface area contributed by atoms with Crippen molar-refractivity contribution in [3.63, 3.8) is 0 Å². The van der Waals surface area contributed by atoms with Crippen LogP contribution in [0.4, 0.5) is 0 Å². The lowest BCUT2D eigenvalue weighted by atomic mass is 10.0. The average molecular weight is 197 g/mol. The van der Waals surface area contributed by atoms with Crippen LogP contribution in [0.1, 0.15) is 23.5 Å². The van der Waals surface area contributed by atoms with Crippen LogP contribution in [-0.2, 0) is 0 Å². The van der Waals surface area contributed by atoms with Crippen molar-refractivity contribution in [2.75, 3.05) is 6.61 Å². The van der Waals surface area contributed by atoms with Crippen LogP contribution in [0.2, 0.25) is 5.02 Å². The number of rotatable bonds is 2. The SMILES string of the molecule is Cc1c(Cl)cccc1C1CC1CO. The Morgan fingerprint density at radius 1 is 1.54 bits per heavy atom. The Labute approximate surface area is 83.3 Å². The van der Waals surface area contributed by atoms with Crippen LogP contribution < -0.4 is 0 Å². The highest BCUT2D eigenvalue weighted by Crippen LogP contribution is 2.48. The molecule has 0 heterocycles. The van der Waals surface area contributed by atoms with Crippen molar-refractivity contribution in [2.24, 2.45) is 5.92 Å². The van der Waals surface area contributed by atoms with Gasteiger partial charge in [0.2, 0.25) is 0 Å². The van der Waals surface area contributed by atoms with E-state index in [4.69, 9.17) is 16.7 Å². The van der Waals surface area contributed by atoms with Crippen LogP contribution in [0.15, 0.2) is 18.2 Å². The van der Waals surface area contributed by atoms with Crippen molar-refractivity contribution in [1.29, 1.82) is 0 Å². The molecule has 2 atom stereocenters. The van der Waals surface area contributed by atoms with Gasteiger partial charge in [-0.05, 0) is 42.4 Å². The lowest BCUT2D eigenvalue weighted by Gasteiger charge is -2.05. The quantitative estimate of drug-likeness (QED) is 0.771. The lowest BCUT2D eigenvalue weighted by molar-refractivity contribution is 0.274. The molecule has 0 bridgehead atoms. The van der Waals surface area contributed by atoms with Crippen molar-refractivity contribution in [3.05, 3.63) is 34.3 Å². The Morgan fingerprint density at radius 2 is 2.31 bits per heavy atom. The zero-order chi connectivity index (χ0) is 9.42. The number of halogens is 1. The molecule has 70 valence electrons. The maximum absolute atomic E-state index is 8.96. The first-order valence-electron chi connectivity index (χ1n) is 4.60. The van der Waals surface area contributed by atoms with Gasteiger partial charge in [-0.2, -0.15) is 0 Å². The minimum atomic E-state index is 0.302. The molecule has 2 rings (SSSR count). The molecule has 1 saturated carbocycles. The molecule has 13 heavy (non-hydrogen) atoms. The summed E-state index contributed by atoms with van der Waals surface area (Å²) in [6, 6.07) is 6.01. The minimum Gasteiger partial charge on any atom is -0.396 e. The summed E-state index contributed by atoms with van der Waals surface area (Å²) in [5.74, 6) is 1.01. The summed E-state index contributed by atoms with van der Waals surface area (Å²) in [6.45, 7) is 2.35. The third-order valence-corrected chi connectivity index (χ3v) is 3.28. The van der Waals surface area contributed by atoms with Gasteiger partial charge in [0, 0.05) is 11.6 Å². The lowest BCUT2D eigenvalue weighted by Crippen LogP contribution is -1.91. The summed E-state index contributed by atoms with van der Waals surface area (Å²) in [6.07, 6.45) is 1.11. The van der Waals surface area contributed by atoms with Gasteiger partial charge in [0.05, 0.1) is 0 Å². The van der Waals surface area contributed by atoms with Gasteiger partial charge in [-0.3, -0.25) is 0 Å². The normalized spacial score (nSPS) is 26.1. The largest absolute Gasteiger partial charge is 0.396 e. The zero-order valence-electron chi connectivity index (χ0n) is 7.63. The molecule has 1 aliphatic carbocycles. The molecule has 2 unspecified atom stereocenters. The van der Waals surface area contributed by atoms with Gasteiger partial charge >= 0.3 is 0 Å². The van der Waals surface area contributed by atoms with Crippen molar-refractivity contribution < 1.29 is 5.11 Å².